The van der Waals surface area contributed by atoms with Crippen LogP contribution in [0.5, 0.6) is 0 Å². The molecule has 1 aliphatic rings. The van der Waals surface area contributed by atoms with E-state index in [1.54, 1.807) is 7.05 Å². The van der Waals surface area contributed by atoms with Gasteiger partial charge >= 0.3 is 0 Å². The van der Waals surface area contributed by atoms with Crippen molar-refractivity contribution in [2.75, 3.05) is 40.0 Å². The molecule has 1 aromatic carbocycles. The SMILES string of the molecule is CN=C(NCCCOCC1CCOC1)NC(C)c1ccccc1. The Hall–Kier alpha value is -1.59. The van der Waals surface area contributed by atoms with Gasteiger partial charge in [-0.15, -0.1) is 0 Å². The molecule has 2 rings (SSSR count). The smallest absolute Gasteiger partial charge is 0.191 e. The molecule has 0 spiro atoms. The van der Waals surface area contributed by atoms with Gasteiger partial charge < -0.3 is 20.1 Å². The molecule has 5 heteroatoms. The van der Waals surface area contributed by atoms with Crippen LogP contribution in [-0.4, -0.2) is 46.0 Å². The highest BCUT2D eigenvalue weighted by Crippen LogP contribution is 2.12. The molecule has 1 aliphatic heterocycles. The van der Waals surface area contributed by atoms with Crippen LogP contribution in [0.3, 0.4) is 0 Å². The maximum Gasteiger partial charge on any atom is 0.191 e. The third kappa shape index (κ3) is 6.59. The van der Waals surface area contributed by atoms with Crippen LogP contribution in [0.4, 0.5) is 0 Å². The van der Waals surface area contributed by atoms with Crippen molar-refractivity contribution in [3.05, 3.63) is 35.9 Å². The number of rotatable bonds is 8. The number of ether oxygens (including phenoxy) is 2. The van der Waals surface area contributed by atoms with Crippen LogP contribution in [0.25, 0.3) is 0 Å². The molecule has 5 nitrogen and oxygen atoms in total. The Morgan fingerprint density at radius 3 is 2.91 bits per heavy atom. The van der Waals surface area contributed by atoms with E-state index in [4.69, 9.17) is 9.47 Å². The zero-order valence-corrected chi connectivity index (χ0v) is 14.3. The molecule has 1 fully saturated rings. The first kappa shape index (κ1) is 17.8. The monoisotopic (exact) mass is 319 g/mol. The second-order valence-electron chi connectivity index (χ2n) is 5.93. The summed E-state index contributed by atoms with van der Waals surface area (Å²) < 4.78 is 11.0. The van der Waals surface area contributed by atoms with Crippen molar-refractivity contribution in [1.29, 1.82) is 0 Å². The highest BCUT2D eigenvalue weighted by molar-refractivity contribution is 5.80. The molecule has 0 saturated carbocycles. The minimum Gasteiger partial charge on any atom is -0.381 e. The molecule has 0 amide bonds. The van der Waals surface area contributed by atoms with Crippen molar-refractivity contribution >= 4 is 5.96 Å². The van der Waals surface area contributed by atoms with Gasteiger partial charge in [-0.25, -0.2) is 0 Å². The van der Waals surface area contributed by atoms with E-state index < -0.39 is 0 Å². The molecular formula is C18H29N3O2. The molecule has 0 aliphatic carbocycles. The Morgan fingerprint density at radius 2 is 2.22 bits per heavy atom. The predicted molar refractivity (Wildman–Crippen MR) is 93.7 cm³/mol. The lowest BCUT2D eigenvalue weighted by atomic mass is 10.1. The van der Waals surface area contributed by atoms with Crippen molar-refractivity contribution in [1.82, 2.24) is 10.6 Å². The van der Waals surface area contributed by atoms with Gasteiger partial charge in [0.15, 0.2) is 5.96 Å². The first-order chi connectivity index (χ1) is 11.3. The van der Waals surface area contributed by atoms with Gasteiger partial charge in [0.05, 0.1) is 19.3 Å². The van der Waals surface area contributed by atoms with Crippen LogP contribution >= 0.6 is 0 Å². The second-order valence-corrected chi connectivity index (χ2v) is 5.93. The molecule has 2 atom stereocenters. The van der Waals surface area contributed by atoms with E-state index in [0.29, 0.717) is 5.92 Å². The summed E-state index contributed by atoms with van der Waals surface area (Å²) in [5.41, 5.74) is 1.25. The fraction of sp³-hybridized carbons (Fsp3) is 0.611. The zero-order valence-electron chi connectivity index (χ0n) is 14.3. The Kier molecular flexibility index (Phi) is 7.90. The summed E-state index contributed by atoms with van der Waals surface area (Å²) in [7, 11) is 1.80. The minimum atomic E-state index is 0.223. The Labute approximate surface area is 139 Å². The van der Waals surface area contributed by atoms with Crippen LogP contribution < -0.4 is 10.6 Å². The quantitative estimate of drug-likeness (QED) is 0.439. The van der Waals surface area contributed by atoms with Crippen LogP contribution in [0.2, 0.25) is 0 Å². The van der Waals surface area contributed by atoms with Gasteiger partial charge in [-0.1, -0.05) is 30.3 Å². The van der Waals surface area contributed by atoms with Crippen LogP contribution in [0.1, 0.15) is 31.4 Å². The summed E-state index contributed by atoms with van der Waals surface area (Å²) in [6.45, 7) is 6.31. The lowest BCUT2D eigenvalue weighted by Crippen LogP contribution is -2.39. The topological polar surface area (TPSA) is 54.9 Å². The third-order valence-electron chi connectivity index (χ3n) is 4.01. The normalized spacial score (nSPS) is 19.6. The number of benzene rings is 1. The Balaban J connectivity index is 1.57. The molecule has 23 heavy (non-hydrogen) atoms. The highest BCUT2D eigenvalue weighted by Gasteiger charge is 2.15. The standard InChI is InChI=1S/C18H29N3O2/c1-15(17-7-4-3-5-8-17)21-18(19-2)20-10-6-11-22-13-16-9-12-23-14-16/h3-5,7-8,15-16H,6,9-14H2,1-2H3,(H2,19,20,21). The molecule has 0 aromatic heterocycles. The summed E-state index contributed by atoms with van der Waals surface area (Å²) in [6.07, 6.45) is 2.10. The minimum absolute atomic E-state index is 0.223. The first-order valence-corrected chi connectivity index (χ1v) is 8.47. The number of guanidine groups is 1. The van der Waals surface area contributed by atoms with Gasteiger partial charge in [0.25, 0.3) is 0 Å². The van der Waals surface area contributed by atoms with E-state index in [1.165, 1.54) is 5.56 Å². The number of nitrogens with one attached hydrogen (secondary N) is 2. The van der Waals surface area contributed by atoms with Gasteiger partial charge in [0.2, 0.25) is 0 Å². The van der Waals surface area contributed by atoms with Gasteiger partial charge in [-0.3, -0.25) is 4.99 Å². The summed E-state index contributed by atoms with van der Waals surface area (Å²) >= 11 is 0. The molecule has 128 valence electrons. The van der Waals surface area contributed by atoms with Crippen molar-refractivity contribution in [2.24, 2.45) is 10.9 Å². The highest BCUT2D eigenvalue weighted by atomic mass is 16.5. The summed E-state index contributed by atoms with van der Waals surface area (Å²) in [5, 5.41) is 6.73. The van der Waals surface area contributed by atoms with E-state index in [1.807, 2.05) is 6.07 Å². The lowest BCUT2D eigenvalue weighted by molar-refractivity contribution is 0.0888. The number of hydrogen-bond acceptors (Lipinski definition) is 3. The molecule has 0 radical (unpaired) electrons. The van der Waals surface area contributed by atoms with Gasteiger partial charge in [-0.05, 0) is 25.3 Å². The summed E-state index contributed by atoms with van der Waals surface area (Å²) in [4.78, 5) is 4.27. The molecular weight excluding hydrogens is 290 g/mol. The third-order valence-corrected chi connectivity index (χ3v) is 4.01. The van der Waals surface area contributed by atoms with Crippen molar-refractivity contribution in [3.63, 3.8) is 0 Å². The fourth-order valence-electron chi connectivity index (χ4n) is 2.57. The molecule has 2 N–H and O–H groups in total. The average Bonchev–Trinajstić information content (AvgIpc) is 3.11. The lowest BCUT2D eigenvalue weighted by Gasteiger charge is -2.18. The van der Waals surface area contributed by atoms with E-state index in [0.717, 1.165) is 51.8 Å². The van der Waals surface area contributed by atoms with Gasteiger partial charge in [0.1, 0.15) is 0 Å². The van der Waals surface area contributed by atoms with E-state index >= 15 is 0 Å². The van der Waals surface area contributed by atoms with E-state index in [-0.39, 0.29) is 6.04 Å². The number of hydrogen-bond donors (Lipinski definition) is 2. The van der Waals surface area contributed by atoms with Gasteiger partial charge in [0, 0.05) is 32.7 Å². The van der Waals surface area contributed by atoms with Crippen molar-refractivity contribution in [2.45, 2.75) is 25.8 Å². The fourth-order valence-corrected chi connectivity index (χ4v) is 2.57. The van der Waals surface area contributed by atoms with Crippen LogP contribution in [-0.2, 0) is 9.47 Å². The maximum absolute atomic E-state index is 5.70. The molecule has 1 heterocycles. The van der Waals surface area contributed by atoms with E-state index in [9.17, 15) is 0 Å². The number of nitrogens with zero attached hydrogens (tertiary/aromatic N) is 1. The molecule has 2 unspecified atom stereocenters. The Bertz CT molecular complexity index is 459. The second kappa shape index (κ2) is 10.2. The van der Waals surface area contributed by atoms with Crippen LogP contribution in [0.15, 0.2) is 35.3 Å². The predicted octanol–water partition coefficient (Wildman–Crippen LogP) is 2.36. The summed E-state index contributed by atoms with van der Waals surface area (Å²) in [6, 6.07) is 10.6. The van der Waals surface area contributed by atoms with Crippen molar-refractivity contribution in [3.8, 4) is 0 Å². The summed E-state index contributed by atoms with van der Waals surface area (Å²) in [5.74, 6) is 1.41. The zero-order chi connectivity index (χ0) is 16.3. The molecule has 0 bridgehead atoms. The van der Waals surface area contributed by atoms with Gasteiger partial charge in [-0.2, -0.15) is 0 Å². The molecule has 1 saturated heterocycles. The number of aliphatic imine (C=N–C) groups is 1. The first-order valence-electron chi connectivity index (χ1n) is 8.47. The largest absolute Gasteiger partial charge is 0.381 e. The maximum atomic E-state index is 5.70. The van der Waals surface area contributed by atoms with Crippen LogP contribution in [0, 0.1) is 5.92 Å². The van der Waals surface area contributed by atoms with E-state index in [2.05, 4.69) is 46.8 Å². The van der Waals surface area contributed by atoms with Crippen molar-refractivity contribution < 1.29 is 9.47 Å². The average molecular weight is 319 g/mol. The Morgan fingerprint density at radius 1 is 1.39 bits per heavy atom. The molecule has 1 aromatic rings.